The minimum Gasteiger partial charge on any atom is -0.486 e. The van der Waals surface area contributed by atoms with Crippen molar-refractivity contribution in [1.29, 1.82) is 0 Å². The molecule has 0 aromatic heterocycles. The third kappa shape index (κ3) is 2.81. The third-order valence-corrected chi connectivity index (χ3v) is 3.15. The van der Waals surface area contributed by atoms with Crippen LogP contribution in [-0.4, -0.2) is 19.3 Å². The molecule has 19 heavy (non-hydrogen) atoms. The molecule has 0 unspecified atom stereocenters. The van der Waals surface area contributed by atoms with Crippen LogP contribution in [0.25, 0.3) is 0 Å². The third-order valence-electron chi connectivity index (χ3n) is 3.15. The van der Waals surface area contributed by atoms with E-state index in [0.29, 0.717) is 6.61 Å². The second kappa shape index (κ2) is 5.22. The molecule has 3 rings (SSSR count). The molecule has 2 aromatic carbocycles. The van der Waals surface area contributed by atoms with E-state index in [-0.39, 0.29) is 6.10 Å². The highest BCUT2D eigenvalue weighted by atomic mass is 16.6. The average molecular weight is 255 g/mol. The van der Waals surface area contributed by atoms with Crippen molar-refractivity contribution in [2.24, 2.45) is 0 Å². The molecule has 0 spiro atoms. The summed E-state index contributed by atoms with van der Waals surface area (Å²) < 4.78 is 11.6. The molecule has 0 radical (unpaired) electrons. The van der Waals surface area contributed by atoms with Gasteiger partial charge >= 0.3 is 0 Å². The monoisotopic (exact) mass is 255 g/mol. The van der Waals surface area contributed by atoms with Gasteiger partial charge in [0.05, 0.1) is 6.54 Å². The van der Waals surface area contributed by atoms with Crippen molar-refractivity contribution in [2.45, 2.75) is 13.0 Å². The van der Waals surface area contributed by atoms with Crippen LogP contribution in [0, 0.1) is 6.92 Å². The Bertz CT molecular complexity index is 551. The topological polar surface area (TPSA) is 30.5 Å². The van der Waals surface area contributed by atoms with Crippen molar-refractivity contribution in [3.63, 3.8) is 0 Å². The molecule has 0 saturated carbocycles. The molecule has 3 heteroatoms. The Kier molecular flexibility index (Phi) is 3.27. The maximum Gasteiger partial charge on any atom is 0.161 e. The van der Waals surface area contributed by atoms with Gasteiger partial charge in [-0.05, 0) is 31.2 Å². The summed E-state index contributed by atoms with van der Waals surface area (Å²) in [6.07, 6.45) is 0.0382. The van der Waals surface area contributed by atoms with Gasteiger partial charge in [-0.15, -0.1) is 0 Å². The SMILES string of the molecule is Cc1ccc(NC[C@H]2COc3ccccc3O2)cc1. The number of benzene rings is 2. The Morgan fingerprint density at radius 3 is 2.58 bits per heavy atom. The number of ether oxygens (including phenoxy) is 2. The summed E-state index contributed by atoms with van der Waals surface area (Å²) in [5.41, 5.74) is 2.37. The number of fused-ring (bicyclic) bond motifs is 1. The molecule has 0 aliphatic carbocycles. The quantitative estimate of drug-likeness (QED) is 0.913. The number of nitrogens with one attached hydrogen (secondary N) is 1. The predicted molar refractivity (Wildman–Crippen MR) is 76.0 cm³/mol. The standard InChI is InChI=1S/C16H17NO2/c1-12-6-8-13(9-7-12)17-10-14-11-18-15-4-2-3-5-16(15)19-14/h2-9,14,17H,10-11H2,1H3/t14-/m0/s1. The van der Waals surface area contributed by atoms with Gasteiger partial charge < -0.3 is 14.8 Å². The number of para-hydroxylation sites is 2. The molecule has 3 nitrogen and oxygen atoms in total. The molecule has 2 aromatic rings. The summed E-state index contributed by atoms with van der Waals surface area (Å²) in [7, 11) is 0. The number of hydrogen-bond donors (Lipinski definition) is 1. The van der Waals surface area contributed by atoms with E-state index in [1.54, 1.807) is 0 Å². The van der Waals surface area contributed by atoms with Crippen molar-refractivity contribution >= 4 is 5.69 Å². The Morgan fingerprint density at radius 2 is 1.79 bits per heavy atom. The van der Waals surface area contributed by atoms with E-state index in [1.807, 2.05) is 24.3 Å². The van der Waals surface area contributed by atoms with Crippen LogP contribution in [0.15, 0.2) is 48.5 Å². The maximum atomic E-state index is 5.89. The highest BCUT2D eigenvalue weighted by molar-refractivity contribution is 5.45. The summed E-state index contributed by atoms with van der Waals surface area (Å²) in [6.45, 7) is 3.39. The van der Waals surface area contributed by atoms with Gasteiger partial charge in [-0.1, -0.05) is 29.8 Å². The molecule has 1 N–H and O–H groups in total. The van der Waals surface area contributed by atoms with Crippen LogP contribution in [0.3, 0.4) is 0 Å². The molecule has 1 heterocycles. The number of rotatable bonds is 3. The molecule has 1 atom stereocenters. The first kappa shape index (κ1) is 11.9. The van der Waals surface area contributed by atoms with Crippen molar-refractivity contribution in [3.8, 4) is 11.5 Å². The van der Waals surface area contributed by atoms with E-state index >= 15 is 0 Å². The smallest absolute Gasteiger partial charge is 0.161 e. The Morgan fingerprint density at radius 1 is 1.05 bits per heavy atom. The van der Waals surface area contributed by atoms with Crippen molar-refractivity contribution < 1.29 is 9.47 Å². The number of anilines is 1. The fourth-order valence-corrected chi connectivity index (χ4v) is 2.07. The first-order valence-electron chi connectivity index (χ1n) is 6.50. The van der Waals surface area contributed by atoms with Gasteiger partial charge in [-0.3, -0.25) is 0 Å². The Labute approximate surface area is 113 Å². The van der Waals surface area contributed by atoms with Crippen molar-refractivity contribution in [2.75, 3.05) is 18.5 Å². The van der Waals surface area contributed by atoms with Gasteiger partial charge in [0, 0.05) is 5.69 Å². The Balaban J connectivity index is 1.59. The van der Waals surface area contributed by atoms with Crippen LogP contribution in [0.4, 0.5) is 5.69 Å². The minimum atomic E-state index is 0.0382. The van der Waals surface area contributed by atoms with Crippen molar-refractivity contribution in [3.05, 3.63) is 54.1 Å². The molecular formula is C16H17NO2. The zero-order valence-corrected chi connectivity index (χ0v) is 10.9. The van der Waals surface area contributed by atoms with E-state index in [4.69, 9.17) is 9.47 Å². The highest BCUT2D eigenvalue weighted by Gasteiger charge is 2.19. The molecular weight excluding hydrogens is 238 g/mol. The lowest BCUT2D eigenvalue weighted by atomic mass is 10.2. The zero-order valence-electron chi connectivity index (χ0n) is 10.9. The minimum absolute atomic E-state index is 0.0382. The summed E-state index contributed by atoms with van der Waals surface area (Å²) in [4.78, 5) is 0. The van der Waals surface area contributed by atoms with Gasteiger partial charge in [0.15, 0.2) is 11.5 Å². The molecule has 0 bridgehead atoms. The van der Waals surface area contributed by atoms with Crippen LogP contribution >= 0.6 is 0 Å². The second-order valence-corrected chi connectivity index (χ2v) is 4.74. The fourth-order valence-electron chi connectivity index (χ4n) is 2.07. The van der Waals surface area contributed by atoms with Gasteiger partial charge in [0.2, 0.25) is 0 Å². The van der Waals surface area contributed by atoms with Gasteiger partial charge in [-0.25, -0.2) is 0 Å². The van der Waals surface area contributed by atoms with E-state index in [1.165, 1.54) is 5.56 Å². The summed E-state index contributed by atoms with van der Waals surface area (Å²) in [6, 6.07) is 16.1. The van der Waals surface area contributed by atoms with Crippen LogP contribution in [0.5, 0.6) is 11.5 Å². The summed E-state index contributed by atoms with van der Waals surface area (Å²) in [5, 5.41) is 3.37. The van der Waals surface area contributed by atoms with Crippen LogP contribution in [0.1, 0.15) is 5.56 Å². The average Bonchev–Trinajstić information content (AvgIpc) is 2.46. The van der Waals surface area contributed by atoms with Crippen molar-refractivity contribution in [1.82, 2.24) is 0 Å². The number of hydrogen-bond acceptors (Lipinski definition) is 3. The summed E-state index contributed by atoms with van der Waals surface area (Å²) in [5.74, 6) is 1.65. The van der Waals surface area contributed by atoms with E-state index in [0.717, 1.165) is 23.7 Å². The maximum absolute atomic E-state index is 5.89. The molecule has 1 aliphatic rings. The molecule has 0 saturated heterocycles. The van der Waals surface area contributed by atoms with E-state index in [9.17, 15) is 0 Å². The van der Waals surface area contributed by atoms with Crippen LogP contribution in [0.2, 0.25) is 0 Å². The lowest BCUT2D eigenvalue weighted by molar-refractivity contribution is 0.0998. The zero-order chi connectivity index (χ0) is 13.1. The largest absolute Gasteiger partial charge is 0.486 e. The van der Waals surface area contributed by atoms with Gasteiger partial charge in [0.25, 0.3) is 0 Å². The number of aryl methyl sites for hydroxylation is 1. The Hall–Kier alpha value is -2.16. The molecule has 0 amide bonds. The first-order valence-corrected chi connectivity index (χ1v) is 6.50. The first-order chi connectivity index (χ1) is 9.31. The van der Waals surface area contributed by atoms with E-state index in [2.05, 4.69) is 36.5 Å². The van der Waals surface area contributed by atoms with E-state index < -0.39 is 0 Å². The molecule has 1 aliphatic heterocycles. The van der Waals surface area contributed by atoms with Crippen LogP contribution < -0.4 is 14.8 Å². The summed E-state index contributed by atoms with van der Waals surface area (Å²) >= 11 is 0. The molecule has 98 valence electrons. The van der Waals surface area contributed by atoms with Gasteiger partial charge in [0.1, 0.15) is 12.7 Å². The molecule has 0 fully saturated rings. The predicted octanol–water partition coefficient (Wildman–Crippen LogP) is 3.25. The lowest BCUT2D eigenvalue weighted by Gasteiger charge is -2.26. The highest BCUT2D eigenvalue weighted by Crippen LogP contribution is 2.30. The van der Waals surface area contributed by atoms with Crippen LogP contribution in [-0.2, 0) is 0 Å². The second-order valence-electron chi connectivity index (χ2n) is 4.74. The lowest BCUT2D eigenvalue weighted by Crippen LogP contribution is -2.35. The normalized spacial score (nSPS) is 17.0. The van der Waals surface area contributed by atoms with Gasteiger partial charge in [-0.2, -0.15) is 0 Å². The fraction of sp³-hybridized carbons (Fsp3) is 0.250.